The predicted octanol–water partition coefficient (Wildman–Crippen LogP) is -2.20. The van der Waals surface area contributed by atoms with E-state index in [-0.39, 0.29) is 22.9 Å². The molecule has 0 N–H and O–H groups in total. The fourth-order valence-electron chi connectivity index (χ4n) is 1.25. The van der Waals surface area contributed by atoms with Crippen LogP contribution in [0.25, 0.3) is 0 Å². The Labute approximate surface area is 95.7 Å². The van der Waals surface area contributed by atoms with Crippen molar-refractivity contribution in [1.29, 1.82) is 0 Å². The molecule has 0 aliphatic heterocycles. The lowest BCUT2D eigenvalue weighted by molar-refractivity contribution is -0.386. The molecule has 0 bridgehead atoms. The molecule has 1 aromatic rings. The second-order valence-corrected chi connectivity index (χ2v) is 5.01. The lowest BCUT2D eigenvalue weighted by atomic mass is 9.49. The third kappa shape index (κ3) is 2.23. The molecule has 6 nitrogen and oxygen atoms in total. The van der Waals surface area contributed by atoms with E-state index in [1.165, 1.54) is 6.20 Å². The van der Waals surface area contributed by atoms with Gasteiger partial charge in [0.05, 0.1) is 4.92 Å². The maximum atomic E-state index is 10.8. The molecule has 2 rings (SSSR count). The summed E-state index contributed by atoms with van der Waals surface area (Å²) in [5.41, 5.74) is -0.0539. The van der Waals surface area contributed by atoms with Gasteiger partial charge in [-0.25, -0.2) is 0 Å². The van der Waals surface area contributed by atoms with Gasteiger partial charge in [0.2, 0.25) is 0 Å². The number of hydrogen-bond donors (Lipinski definition) is 0. The summed E-state index contributed by atoms with van der Waals surface area (Å²) in [7, 11) is 5.81. The number of hydrogen-bond acceptors (Lipinski definition) is 4. The van der Waals surface area contributed by atoms with E-state index in [4.69, 9.17) is 4.74 Å². The molecule has 0 saturated heterocycles. The maximum absolute atomic E-state index is 10.8. The molecule has 9 heteroatoms. The van der Waals surface area contributed by atoms with Crippen molar-refractivity contribution in [3.8, 4) is 5.88 Å². The smallest absolute Gasteiger partial charge is 0.350 e. The van der Waals surface area contributed by atoms with Crippen LogP contribution in [0.15, 0.2) is 6.20 Å². The quantitative estimate of drug-likeness (QED) is 0.327. The topological polar surface area (TPSA) is 70.2 Å². The molecular formula is C7H12B3N3O3. The minimum Gasteiger partial charge on any atom is -0.468 e. The molecule has 16 heavy (non-hydrogen) atoms. The first-order valence-corrected chi connectivity index (χ1v) is 5.29. The summed E-state index contributed by atoms with van der Waals surface area (Å²) in [5, 5.41) is 14.7. The van der Waals surface area contributed by atoms with E-state index in [1.54, 1.807) is 4.68 Å². The van der Waals surface area contributed by atoms with Gasteiger partial charge in [0, 0.05) is 0 Å². The van der Waals surface area contributed by atoms with Gasteiger partial charge in [0.15, 0.2) is 0 Å². The Hall–Kier alpha value is -1.40. The number of rotatable bonds is 4. The summed E-state index contributed by atoms with van der Waals surface area (Å²) in [6.45, 7) is 0. The van der Waals surface area contributed by atoms with Crippen molar-refractivity contribution >= 4 is 29.2 Å². The average Bonchev–Trinajstić information content (AvgIpc) is 2.80. The zero-order valence-corrected chi connectivity index (χ0v) is 9.64. The Bertz CT molecular complexity index is 424. The molecule has 1 aliphatic rings. The number of nitro groups is 1. The van der Waals surface area contributed by atoms with E-state index >= 15 is 0 Å². The Kier molecular flexibility index (Phi) is 2.48. The van der Waals surface area contributed by atoms with Crippen LogP contribution >= 0.6 is 0 Å². The van der Waals surface area contributed by atoms with Crippen molar-refractivity contribution in [2.45, 2.75) is 24.2 Å². The second-order valence-electron chi connectivity index (χ2n) is 5.01. The van der Waals surface area contributed by atoms with Crippen molar-refractivity contribution in [1.82, 2.24) is 9.78 Å². The van der Waals surface area contributed by atoms with Gasteiger partial charge >= 0.3 is 11.6 Å². The minimum atomic E-state index is -0.451. The van der Waals surface area contributed by atoms with Gasteiger partial charge in [-0.3, -0.25) is 14.8 Å². The van der Waals surface area contributed by atoms with E-state index in [0.717, 1.165) is 12.8 Å². The fourth-order valence-corrected chi connectivity index (χ4v) is 1.25. The molecule has 1 saturated carbocycles. The number of aromatic nitrogens is 2. The zero-order chi connectivity index (χ0) is 11.9. The molecule has 1 aliphatic carbocycles. The van der Waals surface area contributed by atoms with Gasteiger partial charge in [0.25, 0.3) is 0 Å². The van der Waals surface area contributed by atoms with Gasteiger partial charge in [-0.15, -0.1) is 5.10 Å². The van der Waals surface area contributed by atoms with Gasteiger partial charge in [-0.2, -0.15) is 0 Å². The molecule has 0 atom stereocenters. The lowest BCUT2D eigenvalue weighted by Crippen LogP contribution is -2.35. The summed E-state index contributed by atoms with van der Waals surface area (Å²) in [6, 6.07) is 0. The van der Waals surface area contributed by atoms with E-state index in [2.05, 4.69) is 5.10 Å². The van der Waals surface area contributed by atoms with E-state index < -0.39 is 4.92 Å². The highest BCUT2D eigenvalue weighted by Gasteiger charge is 2.31. The van der Waals surface area contributed by atoms with E-state index in [0.29, 0.717) is 0 Å². The molecule has 0 spiro atoms. The average molecular weight is 219 g/mol. The molecule has 1 heterocycles. The second kappa shape index (κ2) is 3.57. The monoisotopic (exact) mass is 219 g/mol. The minimum absolute atomic E-state index is 0.0539. The van der Waals surface area contributed by atoms with Crippen molar-refractivity contribution in [3.63, 3.8) is 0 Å². The van der Waals surface area contributed by atoms with Crippen LogP contribution in [0.3, 0.4) is 0 Å². The Morgan fingerprint density at radius 3 is 2.62 bits per heavy atom. The number of nitrogens with zero attached hydrogens (tertiary/aromatic N) is 3. The van der Waals surface area contributed by atoms with Gasteiger partial charge in [0.1, 0.15) is 35.8 Å². The van der Waals surface area contributed by atoms with Crippen LogP contribution < -0.4 is 4.74 Å². The van der Waals surface area contributed by atoms with Crippen LogP contribution in [-0.4, -0.2) is 44.3 Å². The first-order valence-electron chi connectivity index (χ1n) is 5.29. The zero-order valence-electron chi connectivity index (χ0n) is 9.64. The van der Waals surface area contributed by atoms with E-state index in [1.807, 2.05) is 23.5 Å². The first kappa shape index (κ1) is 11.1. The SMILES string of the molecule is BC(B)(B)n1cc([N+](=O)[O-])c(OC2CC2)n1. The number of ether oxygens (including phenoxy) is 1. The highest BCUT2D eigenvalue weighted by Crippen LogP contribution is 2.32. The third-order valence-electron chi connectivity index (χ3n) is 2.35. The van der Waals surface area contributed by atoms with Gasteiger partial charge < -0.3 is 4.74 Å². The standard InChI is InChI=1S/C7H12B3N3O3/c8-7(9,10)12-3-5(13(14)15)6(11-12)16-4-1-2-4/h3-4H,1-2,8-10H2. The summed E-state index contributed by atoms with van der Waals surface area (Å²) < 4.78 is 6.99. The van der Waals surface area contributed by atoms with Crippen LogP contribution in [-0.2, 0) is 5.24 Å². The van der Waals surface area contributed by atoms with Crippen molar-refractivity contribution in [2.24, 2.45) is 0 Å². The summed E-state index contributed by atoms with van der Waals surface area (Å²) >= 11 is 0. The van der Waals surface area contributed by atoms with Gasteiger partial charge in [-0.1, -0.05) is 0 Å². The molecular weight excluding hydrogens is 207 g/mol. The summed E-state index contributed by atoms with van der Waals surface area (Å²) in [6.07, 6.45) is 3.46. The molecule has 0 radical (unpaired) electrons. The Morgan fingerprint density at radius 1 is 1.56 bits per heavy atom. The highest BCUT2D eigenvalue weighted by atomic mass is 16.6. The van der Waals surface area contributed by atoms with Crippen LogP contribution in [0.5, 0.6) is 5.88 Å². The molecule has 0 aromatic carbocycles. The third-order valence-corrected chi connectivity index (χ3v) is 2.35. The molecule has 1 aromatic heterocycles. The Morgan fingerprint density at radius 2 is 2.19 bits per heavy atom. The molecule has 82 valence electrons. The van der Waals surface area contributed by atoms with Crippen molar-refractivity contribution < 1.29 is 9.66 Å². The highest BCUT2D eigenvalue weighted by molar-refractivity contribution is 6.56. The molecule has 1 fully saturated rings. The normalized spacial score (nSPS) is 16.0. The van der Waals surface area contributed by atoms with Crippen LogP contribution in [0.2, 0.25) is 0 Å². The maximum Gasteiger partial charge on any atom is 0.350 e. The van der Waals surface area contributed by atoms with Crippen LogP contribution in [0.4, 0.5) is 5.69 Å². The lowest BCUT2D eigenvalue weighted by Gasteiger charge is -2.17. The van der Waals surface area contributed by atoms with Crippen molar-refractivity contribution in [3.05, 3.63) is 16.3 Å². The summed E-state index contributed by atoms with van der Waals surface area (Å²) in [4.78, 5) is 10.4. The van der Waals surface area contributed by atoms with Crippen LogP contribution in [0.1, 0.15) is 12.8 Å². The first-order chi connectivity index (χ1) is 7.38. The predicted molar refractivity (Wildman–Crippen MR) is 66.1 cm³/mol. The van der Waals surface area contributed by atoms with E-state index in [9.17, 15) is 10.1 Å². The molecule has 0 unspecified atom stereocenters. The van der Waals surface area contributed by atoms with Crippen LogP contribution in [0, 0.1) is 10.1 Å². The molecule has 0 amide bonds. The summed E-state index contributed by atoms with van der Waals surface area (Å²) in [5.74, 6) is 0.141. The van der Waals surface area contributed by atoms with Gasteiger partial charge in [-0.05, 0) is 18.1 Å². The van der Waals surface area contributed by atoms with Crippen molar-refractivity contribution in [2.75, 3.05) is 0 Å². The Balaban J connectivity index is 2.32. The fraction of sp³-hybridized carbons (Fsp3) is 0.571. The largest absolute Gasteiger partial charge is 0.468 e.